The quantitative estimate of drug-likeness (QED) is 0.315. The van der Waals surface area contributed by atoms with Crippen LogP contribution in [0, 0.1) is 6.92 Å². The Bertz CT molecular complexity index is 1470. The molecule has 0 saturated carbocycles. The number of piperidine rings is 1. The van der Waals surface area contributed by atoms with Crippen molar-refractivity contribution in [2.75, 3.05) is 25.0 Å². The maximum atomic E-state index is 13.1. The molecule has 0 unspecified atom stereocenters. The number of carbonyl (C=O) groups excluding carboxylic acids is 3. The molecule has 3 aromatic rings. The Kier molecular flexibility index (Phi) is 8.61. The summed E-state index contributed by atoms with van der Waals surface area (Å²) in [6.45, 7) is 1.91. The van der Waals surface area contributed by atoms with E-state index < -0.39 is 28.5 Å². The van der Waals surface area contributed by atoms with Gasteiger partial charge in [-0.25, -0.2) is 13.2 Å². The zero-order valence-corrected chi connectivity index (χ0v) is 22.3. The van der Waals surface area contributed by atoms with E-state index in [2.05, 4.69) is 5.32 Å². The zero-order chi connectivity index (χ0) is 27.3. The van der Waals surface area contributed by atoms with E-state index in [0.29, 0.717) is 29.2 Å². The van der Waals surface area contributed by atoms with Crippen LogP contribution in [0.15, 0.2) is 71.6 Å². The van der Waals surface area contributed by atoms with Gasteiger partial charge in [0.25, 0.3) is 5.91 Å². The SMILES string of the molecule is Cc1ccc(C(=O)OCC(=O)Nc2ccc(Cl)cc2C(=O)c2ccccc2)cc1S(=O)(=O)N1CCCCC1. The van der Waals surface area contributed by atoms with Crippen molar-refractivity contribution in [1.29, 1.82) is 0 Å². The first-order valence-corrected chi connectivity index (χ1v) is 14.0. The lowest BCUT2D eigenvalue weighted by atomic mass is 10.0. The summed E-state index contributed by atoms with van der Waals surface area (Å²) in [6, 6.07) is 17.3. The number of hydrogen-bond acceptors (Lipinski definition) is 6. The maximum absolute atomic E-state index is 13.1. The second kappa shape index (κ2) is 11.9. The molecule has 0 spiro atoms. The molecule has 1 amide bonds. The average Bonchev–Trinajstić information content (AvgIpc) is 2.93. The monoisotopic (exact) mass is 554 g/mol. The molecule has 0 bridgehead atoms. The summed E-state index contributed by atoms with van der Waals surface area (Å²) < 4.78 is 32.9. The van der Waals surface area contributed by atoms with E-state index in [9.17, 15) is 22.8 Å². The number of carbonyl (C=O) groups is 3. The molecular weight excluding hydrogens is 528 g/mol. The molecule has 0 aromatic heterocycles. The van der Waals surface area contributed by atoms with Crippen molar-refractivity contribution >= 4 is 45.0 Å². The Morgan fingerprint density at radius 2 is 1.63 bits per heavy atom. The Hall–Kier alpha value is -3.53. The molecule has 1 heterocycles. The van der Waals surface area contributed by atoms with Crippen molar-refractivity contribution < 1.29 is 27.5 Å². The topological polar surface area (TPSA) is 110 Å². The number of nitrogens with zero attached hydrogens (tertiary/aromatic N) is 1. The van der Waals surface area contributed by atoms with Crippen LogP contribution < -0.4 is 5.32 Å². The Balaban J connectivity index is 1.45. The van der Waals surface area contributed by atoms with Crippen LogP contribution in [0.3, 0.4) is 0 Å². The largest absolute Gasteiger partial charge is 0.452 e. The molecule has 1 fully saturated rings. The third-order valence-corrected chi connectivity index (χ3v) is 8.50. The lowest BCUT2D eigenvalue weighted by Crippen LogP contribution is -2.36. The fourth-order valence-electron chi connectivity index (χ4n) is 4.21. The third kappa shape index (κ3) is 6.30. The molecule has 4 rings (SSSR count). The number of anilines is 1. The smallest absolute Gasteiger partial charge is 0.338 e. The summed E-state index contributed by atoms with van der Waals surface area (Å²) in [5, 5.41) is 2.91. The predicted octanol–water partition coefficient (Wildman–Crippen LogP) is 4.85. The minimum Gasteiger partial charge on any atom is -0.452 e. The first-order valence-electron chi connectivity index (χ1n) is 12.1. The number of aryl methyl sites for hydroxylation is 1. The predicted molar refractivity (Wildman–Crippen MR) is 144 cm³/mol. The van der Waals surface area contributed by atoms with Crippen LogP contribution in [0.4, 0.5) is 5.69 Å². The molecule has 0 radical (unpaired) electrons. The van der Waals surface area contributed by atoms with Crippen LogP contribution in [0.25, 0.3) is 0 Å². The second-order valence-electron chi connectivity index (χ2n) is 8.95. The van der Waals surface area contributed by atoms with Gasteiger partial charge >= 0.3 is 5.97 Å². The number of rotatable bonds is 8. The van der Waals surface area contributed by atoms with Gasteiger partial charge in [-0.05, 0) is 55.7 Å². The van der Waals surface area contributed by atoms with Gasteiger partial charge < -0.3 is 10.1 Å². The molecule has 1 aliphatic rings. The van der Waals surface area contributed by atoms with E-state index in [4.69, 9.17) is 16.3 Å². The zero-order valence-electron chi connectivity index (χ0n) is 20.8. The van der Waals surface area contributed by atoms with Gasteiger partial charge in [0.1, 0.15) is 0 Å². The highest BCUT2D eigenvalue weighted by atomic mass is 35.5. The van der Waals surface area contributed by atoms with Gasteiger partial charge in [-0.2, -0.15) is 4.31 Å². The van der Waals surface area contributed by atoms with E-state index in [1.165, 1.54) is 34.6 Å². The summed E-state index contributed by atoms with van der Waals surface area (Å²) in [5.74, 6) is -1.84. The summed E-state index contributed by atoms with van der Waals surface area (Å²) in [6.07, 6.45) is 2.57. The number of amides is 1. The van der Waals surface area contributed by atoms with Gasteiger partial charge in [0.15, 0.2) is 12.4 Å². The lowest BCUT2D eigenvalue weighted by molar-refractivity contribution is -0.119. The molecule has 10 heteroatoms. The van der Waals surface area contributed by atoms with Crippen LogP contribution in [-0.2, 0) is 19.6 Å². The van der Waals surface area contributed by atoms with E-state index in [1.807, 2.05) is 0 Å². The first kappa shape index (κ1) is 27.5. The molecule has 1 aliphatic heterocycles. The Morgan fingerprint density at radius 1 is 0.921 bits per heavy atom. The maximum Gasteiger partial charge on any atom is 0.338 e. The number of ether oxygens (including phenoxy) is 1. The van der Waals surface area contributed by atoms with Gasteiger partial charge in [0.05, 0.1) is 16.1 Å². The van der Waals surface area contributed by atoms with Crippen molar-refractivity contribution in [3.8, 4) is 0 Å². The van der Waals surface area contributed by atoms with Crippen LogP contribution >= 0.6 is 11.6 Å². The van der Waals surface area contributed by atoms with Crippen molar-refractivity contribution in [2.24, 2.45) is 0 Å². The molecule has 3 aromatic carbocycles. The third-order valence-electron chi connectivity index (χ3n) is 6.23. The molecule has 1 saturated heterocycles. The lowest BCUT2D eigenvalue weighted by Gasteiger charge is -2.26. The van der Waals surface area contributed by atoms with E-state index in [-0.39, 0.29) is 27.5 Å². The van der Waals surface area contributed by atoms with Crippen molar-refractivity contribution in [1.82, 2.24) is 4.31 Å². The van der Waals surface area contributed by atoms with E-state index in [1.54, 1.807) is 43.3 Å². The summed E-state index contributed by atoms with van der Waals surface area (Å²) in [4.78, 5) is 38.3. The van der Waals surface area contributed by atoms with Gasteiger partial charge in [-0.3, -0.25) is 9.59 Å². The van der Waals surface area contributed by atoms with Gasteiger partial charge in [-0.15, -0.1) is 0 Å². The summed E-state index contributed by atoms with van der Waals surface area (Å²) in [5.41, 5.74) is 1.36. The normalized spacial score (nSPS) is 14.1. The minimum absolute atomic E-state index is 0.0189. The van der Waals surface area contributed by atoms with Crippen LogP contribution in [0.5, 0.6) is 0 Å². The molecule has 0 aliphatic carbocycles. The van der Waals surface area contributed by atoms with E-state index in [0.717, 1.165) is 19.3 Å². The Labute approximate surface area is 226 Å². The highest BCUT2D eigenvalue weighted by Gasteiger charge is 2.28. The summed E-state index contributed by atoms with van der Waals surface area (Å²) in [7, 11) is -3.76. The van der Waals surface area contributed by atoms with Crippen LogP contribution in [0.2, 0.25) is 5.02 Å². The highest BCUT2D eigenvalue weighted by Crippen LogP contribution is 2.26. The van der Waals surface area contributed by atoms with Crippen molar-refractivity contribution in [3.05, 3.63) is 94.0 Å². The van der Waals surface area contributed by atoms with Gasteiger partial charge in [-0.1, -0.05) is 54.4 Å². The number of hydrogen-bond donors (Lipinski definition) is 1. The molecule has 0 atom stereocenters. The molecular formula is C28H27ClN2O6S. The van der Waals surface area contributed by atoms with Crippen molar-refractivity contribution in [3.63, 3.8) is 0 Å². The molecule has 1 N–H and O–H groups in total. The molecule has 198 valence electrons. The van der Waals surface area contributed by atoms with Crippen LogP contribution in [-0.4, -0.2) is 50.1 Å². The molecule has 8 nitrogen and oxygen atoms in total. The molecule has 38 heavy (non-hydrogen) atoms. The number of nitrogens with one attached hydrogen (secondary N) is 1. The van der Waals surface area contributed by atoms with Crippen LogP contribution in [0.1, 0.15) is 51.1 Å². The fraction of sp³-hybridized carbons (Fsp3) is 0.250. The number of sulfonamides is 1. The average molecular weight is 555 g/mol. The highest BCUT2D eigenvalue weighted by molar-refractivity contribution is 7.89. The van der Waals surface area contributed by atoms with Crippen molar-refractivity contribution in [2.45, 2.75) is 31.1 Å². The summed E-state index contributed by atoms with van der Waals surface area (Å²) >= 11 is 6.08. The number of ketones is 1. The number of halogens is 1. The van der Waals surface area contributed by atoms with Gasteiger partial charge in [0, 0.05) is 29.2 Å². The number of esters is 1. The minimum atomic E-state index is -3.76. The number of benzene rings is 3. The Morgan fingerprint density at radius 3 is 2.34 bits per heavy atom. The second-order valence-corrected chi connectivity index (χ2v) is 11.3. The first-order chi connectivity index (χ1) is 18.2. The van der Waals surface area contributed by atoms with Gasteiger partial charge in [0.2, 0.25) is 10.0 Å². The fourth-order valence-corrected chi connectivity index (χ4v) is 6.15. The van der Waals surface area contributed by atoms with E-state index >= 15 is 0 Å². The standard InChI is InChI=1S/C28H27ClN2O6S/c1-19-10-11-21(16-25(19)38(35,36)31-14-6-3-7-15-31)28(34)37-18-26(32)30-24-13-12-22(29)17-23(24)27(33)20-8-4-2-5-9-20/h2,4-5,8-13,16-17H,3,6-7,14-15,18H2,1H3,(H,30,32).